The van der Waals surface area contributed by atoms with Crippen molar-refractivity contribution in [3.05, 3.63) is 11.8 Å². The van der Waals surface area contributed by atoms with Crippen LogP contribution in [0.4, 0.5) is 11.8 Å². The maximum Gasteiger partial charge on any atom is 0.225 e. The van der Waals surface area contributed by atoms with Crippen molar-refractivity contribution in [3.8, 4) is 0 Å². The Morgan fingerprint density at radius 1 is 1.29 bits per heavy atom. The molecule has 2 N–H and O–H groups in total. The van der Waals surface area contributed by atoms with Crippen LogP contribution in [0, 0.1) is 6.92 Å². The van der Waals surface area contributed by atoms with Crippen molar-refractivity contribution < 1.29 is 4.74 Å². The molecule has 0 saturated heterocycles. The lowest BCUT2D eigenvalue weighted by Gasteiger charge is -2.21. The van der Waals surface area contributed by atoms with E-state index in [0.29, 0.717) is 12.6 Å². The second-order valence-electron chi connectivity index (χ2n) is 5.01. The lowest BCUT2D eigenvalue weighted by atomic mass is 10.1. The molecule has 1 aromatic rings. The number of nitrogens with zero attached hydrogens (tertiary/aromatic N) is 2. The topological polar surface area (TPSA) is 59.1 Å². The number of anilines is 2. The minimum atomic E-state index is -0.0441. The highest BCUT2D eigenvalue weighted by Gasteiger charge is 2.12. The molecule has 0 amide bonds. The third-order valence-corrected chi connectivity index (χ3v) is 1.95. The first-order valence-corrected chi connectivity index (χ1v) is 5.77. The van der Waals surface area contributed by atoms with Crippen molar-refractivity contribution in [3.63, 3.8) is 0 Å². The Hall–Kier alpha value is -1.36. The first-order chi connectivity index (χ1) is 7.90. The van der Waals surface area contributed by atoms with E-state index in [4.69, 9.17) is 4.74 Å². The molecule has 96 valence electrons. The SMILES string of the molecule is COCCNc1cc(C)nc(NC(C)(C)C)n1. The monoisotopic (exact) mass is 238 g/mol. The van der Waals surface area contributed by atoms with Gasteiger partial charge in [-0.3, -0.25) is 0 Å². The molecular weight excluding hydrogens is 216 g/mol. The van der Waals surface area contributed by atoms with Crippen molar-refractivity contribution in [2.24, 2.45) is 0 Å². The molecular formula is C12H22N4O. The van der Waals surface area contributed by atoms with Crippen LogP contribution in [0.15, 0.2) is 6.07 Å². The first-order valence-electron chi connectivity index (χ1n) is 5.77. The predicted molar refractivity (Wildman–Crippen MR) is 70.5 cm³/mol. The average molecular weight is 238 g/mol. The van der Waals surface area contributed by atoms with E-state index in [0.717, 1.165) is 18.1 Å². The molecule has 0 fully saturated rings. The normalized spacial score (nSPS) is 11.4. The second kappa shape index (κ2) is 5.82. The molecule has 0 bridgehead atoms. The van der Waals surface area contributed by atoms with Gasteiger partial charge < -0.3 is 15.4 Å². The molecule has 0 aliphatic carbocycles. The number of nitrogens with one attached hydrogen (secondary N) is 2. The summed E-state index contributed by atoms with van der Waals surface area (Å²) in [6.45, 7) is 9.59. The number of methoxy groups -OCH3 is 1. The summed E-state index contributed by atoms with van der Waals surface area (Å²) in [5.74, 6) is 1.47. The van der Waals surface area contributed by atoms with Crippen molar-refractivity contribution >= 4 is 11.8 Å². The Kier molecular flexibility index (Phi) is 4.69. The van der Waals surface area contributed by atoms with E-state index in [2.05, 4.69) is 41.4 Å². The number of aromatic nitrogens is 2. The van der Waals surface area contributed by atoms with Crippen molar-refractivity contribution in [1.29, 1.82) is 0 Å². The van der Waals surface area contributed by atoms with E-state index >= 15 is 0 Å². The molecule has 1 rings (SSSR count). The van der Waals surface area contributed by atoms with Gasteiger partial charge in [0.1, 0.15) is 5.82 Å². The predicted octanol–water partition coefficient (Wildman–Crippen LogP) is 2.05. The Morgan fingerprint density at radius 2 is 2.00 bits per heavy atom. The minimum absolute atomic E-state index is 0.0441. The van der Waals surface area contributed by atoms with E-state index in [1.807, 2.05) is 13.0 Å². The molecule has 5 nitrogen and oxygen atoms in total. The van der Waals surface area contributed by atoms with Gasteiger partial charge in [0.15, 0.2) is 0 Å². The van der Waals surface area contributed by atoms with Crippen LogP contribution >= 0.6 is 0 Å². The molecule has 5 heteroatoms. The Balaban J connectivity index is 2.72. The van der Waals surface area contributed by atoms with E-state index < -0.39 is 0 Å². The van der Waals surface area contributed by atoms with E-state index in [-0.39, 0.29) is 5.54 Å². The molecule has 17 heavy (non-hydrogen) atoms. The highest BCUT2D eigenvalue weighted by molar-refractivity contribution is 5.42. The van der Waals surface area contributed by atoms with Crippen LogP contribution in [0.1, 0.15) is 26.5 Å². The quantitative estimate of drug-likeness (QED) is 0.769. The Morgan fingerprint density at radius 3 is 2.59 bits per heavy atom. The smallest absolute Gasteiger partial charge is 0.225 e. The van der Waals surface area contributed by atoms with Gasteiger partial charge in [0, 0.05) is 31.0 Å². The van der Waals surface area contributed by atoms with Gasteiger partial charge in [-0.05, 0) is 27.7 Å². The minimum Gasteiger partial charge on any atom is -0.383 e. The Labute approximate surface area is 103 Å². The van der Waals surface area contributed by atoms with Gasteiger partial charge in [0.25, 0.3) is 0 Å². The fourth-order valence-corrected chi connectivity index (χ4v) is 1.33. The average Bonchev–Trinajstić information content (AvgIpc) is 2.14. The van der Waals surface area contributed by atoms with Crippen LogP contribution in [0.2, 0.25) is 0 Å². The van der Waals surface area contributed by atoms with Crippen molar-refractivity contribution in [2.75, 3.05) is 30.9 Å². The van der Waals surface area contributed by atoms with Gasteiger partial charge in [0.2, 0.25) is 5.95 Å². The van der Waals surface area contributed by atoms with Gasteiger partial charge in [-0.25, -0.2) is 4.98 Å². The molecule has 0 saturated carbocycles. The number of ether oxygens (including phenoxy) is 1. The fraction of sp³-hybridized carbons (Fsp3) is 0.667. The van der Waals surface area contributed by atoms with Crippen molar-refractivity contribution in [2.45, 2.75) is 33.2 Å². The number of aryl methyl sites for hydroxylation is 1. The molecule has 0 aliphatic heterocycles. The summed E-state index contributed by atoms with van der Waals surface area (Å²) in [4.78, 5) is 8.76. The standard InChI is InChI=1S/C12H22N4O/c1-9-8-10(13-6-7-17-5)15-11(14-9)16-12(2,3)4/h8H,6-7H2,1-5H3,(H2,13,14,15,16). The largest absolute Gasteiger partial charge is 0.383 e. The van der Waals surface area contributed by atoms with Crippen LogP contribution in [-0.2, 0) is 4.74 Å². The van der Waals surface area contributed by atoms with Crippen LogP contribution in [0.5, 0.6) is 0 Å². The van der Waals surface area contributed by atoms with Gasteiger partial charge >= 0.3 is 0 Å². The fourth-order valence-electron chi connectivity index (χ4n) is 1.33. The highest BCUT2D eigenvalue weighted by Crippen LogP contribution is 2.13. The van der Waals surface area contributed by atoms with Crippen LogP contribution in [0.25, 0.3) is 0 Å². The van der Waals surface area contributed by atoms with Crippen LogP contribution < -0.4 is 10.6 Å². The third-order valence-electron chi connectivity index (χ3n) is 1.95. The summed E-state index contributed by atoms with van der Waals surface area (Å²) in [7, 11) is 1.68. The second-order valence-corrected chi connectivity index (χ2v) is 5.01. The molecule has 0 aromatic carbocycles. The molecule has 0 aliphatic rings. The molecule has 0 radical (unpaired) electrons. The van der Waals surface area contributed by atoms with E-state index in [1.165, 1.54) is 0 Å². The maximum absolute atomic E-state index is 4.98. The summed E-state index contributed by atoms with van der Waals surface area (Å²) in [6, 6.07) is 1.92. The Bertz CT molecular complexity index is 360. The zero-order valence-corrected chi connectivity index (χ0v) is 11.3. The number of hydrogen-bond acceptors (Lipinski definition) is 5. The van der Waals surface area contributed by atoms with Gasteiger partial charge in [0.05, 0.1) is 6.61 Å². The summed E-state index contributed by atoms with van der Waals surface area (Å²) < 4.78 is 4.98. The molecule has 0 spiro atoms. The third kappa shape index (κ3) is 5.49. The lowest BCUT2D eigenvalue weighted by molar-refractivity contribution is 0.210. The van der Waals surface area contributed by atoms with Gasteiger partial charge in [-0.1, -0.05) is 0 Å². The molecule has 1 aromatic heterocycles. The van der Waals surface area contributed by atoms with E-state index in [9.17, 15) is 0 Å². The van der Waals surface area contributed by atoms with Gasteiger partial charge in [-0.2, -0.15) is 4.98 Å². The first kappa shape index (κ1) is 13.7. The highest BCUT2D eigenvalue weighted by atomic mass is 16.5. The molecule has 1 heterocycles. The maximum atomic E-state index is 4.98. The summed E-state index contributed by atoms with van der Waals surface area (Å²) in [5, 5.41) is 6.46. The van der Waals surface area contributed by atoms with E-state index in [1.54, 1.807) is 7.11 Å². The number of hydrogen-bond donors (Lipinski definition) is 2. The van der Waals surface area contributed by atoms with Gasteiger partial charge in [-0.15, -0.1) is 0 Å². The summed E-state index contributed by atoms with van der Waals surface area (Å²) in [5.41, 5.74) is 0.893. The van der Waals surface area contributed by atoms with Crippen LogP contribution in [0.3, 0.4) is 0 Å². The zero-order chi connectivity index (χ0) is 12.9. The zero-order valence-electron chi connectivity index (χ0n) is 11.3. The van der Waals surface area contributed by atoms with Crippen LogP contribution in [-0.4, -0.2) is 35.8 Å². The molecule has 0 atom stereocenters. The lowest BCUT2D eigenvalue weighted by Crippen LogP contribution is -2.27. The van der Waals surface area contributed by atoms with Crippen molar-refractivity contribution in [1.82, 2.24) is 9.97 Å². The summed E-state index contributed by atoms with van der Waals surface area (Å²) >= 11 is 0. The number of rotatable bonds is 5. The molecule has 0 unspecified atom stereocenters. The summed E-state index contributed by atoms with van der Waals surface area (Å²) in [6.07, 6.45) is 0.